The van der Waals surface area contributed by atoms with Crippen LogP contribution < -0.4 is 10.1 Å². The van der Waals surface area contributed by atoms with Gasteiger partial charge in [0.25, 0.3) is 0 Å². The fraction of sp³-hybridized carbons (Fsp3) is 0.333. The average Bonchev–Trinajstić information content (AvgIpc) is 2.83. The third-order valence-electron chi connectivity index (χ3n) is 2.93. The molecule has 0 spiro atoms. The number of aromatic nitrogens is 1. The van der Waals surface area contributed by atoms with E-state index in [-0.39, 0.29) is 5.75 Å². The summed E-state index contributed by atoms with van der Waals surface area (Å²) in [4.78, 5) is 0. The Balaban J connectivity index is 2.00. The summed E-state index contributed by atoms with van der Waals surface area (Å²) in [5.41, 5.74) is 1.67. The van der Waals surface area contributed by atoms with Crippen LogP contribution in [0.3, 0.4) is 0 Å². The molecule has 3 nitrogen and oxygen atoms in total. The van der Waals surface area contributed by atoms with Gasteiger partial charge in [-0.2, -0.15) is 0 Å². The molecule has 6 heteroatoms. The van der Waals surface area contributed by atoms with Gasteiger partial charge in [0, 0.05) is 30.2 Å². The van der Waals surface area contributed by atoms with Crippen LogP contribution in [0.5, 0.6) is 5.75 Å². The predicted molar refractivity (Wildman–Crippen MR) is 75.2 cm³/mol. The van der Waals surface area contributed by atoms with Crippen molar-refractivity contribution in [1.82, 2.24) is 4.57 Å². The van der Waals surface area contributed by atoms with Crippen LogP contribution >= 0.6 is 0 Å². The molecule has 0 saturated heterocycles. The fourth-order valence-electron chi connectivity index (χ4n) is 2.06. The number of ether oxygens (including phenoxy) is 1. The van der Waals surface area contributed by atoms with Crippen LogP contribution in [0.2, 0.25) is 0 Å². The minimum absolute atomic E-state index is 0.226. The topological polar surface area (TPSA) is 26.2 Å². The summed E-state index contributed by atoms with van der Waals surface area (Å²) >= 11 is 0. The Morgan fingerprint density at radius 2 is 2.00 bits per heavy atom. The molecule has 1 N–H and O–H groups in total. The molecule has 0 fully saturated rings. The molecule has 0 unspecified atom stereocenters. The summed E-state index contributed by atoms with van der Waals surface area (Å²) < 4.78 is 42.5. The van der Waals surface area contributed by atoms with Gasteiger partial charge in [0.2, 0.25) is 0 Å². The lowest BCUT2D eigenvalue weighted by Gasteiger charge is -2.12. The summed E-state index contributed by atoms with van der Waals surface area (Å²) in [6.45, 7) is 3.55. The van der Waals surface area contributed by atoms with E-state index in [4.69, 9.17) is 0 Å². The monoisotopic (exact) mass is 298 g/mol. The number of nitrogens with zero attached hydrogens (tertiary/aromatic N) is 1. The molecule has 1 heterocycles. The number of benzene rings is 1. The molecule has 0 atom stereocenters. The summed E-state index contributed by atoms with van der Waals surface area (Å²) in [5.74, 6) is -0.226. The Hall–Kier alpha value is -2.11. The summed E-state index contributed by atoms with van der Waals surface area (Å²) in [5, 5.41) is 3.10. The standard InChI is InChI=1S/C15H17F3N2O/c1-2-8-20-9-4-6-13(20)11-19-12-5-3-7-14(10-12)21-15(16,17)18/h3-7,9-10,19H,2,8,11H2,1H3. The van der Waals surface area contributed by atoms with Gasteiger partial charge < -0.3 is 14.6 Å². The second-order valence-electron chi connectivity index (χ2n) is 4.62. The number of hydrogen-bond acceptors (Lipinski definition) is 2. The van der Waals surface area contributed by atoms with Crippen molar-refractivity contribution < 1.29 is 17.9 Å². The van der Waals surface area contributed by atoms with Crippen LogP contribution in [0.4, 0.5) is 18.9 Å². The highest BCUT2D eigenvalue weighted by Crippen LogP contribution is 2.25. The second-order valence-corrected chi connectivity index (χ2v) is 4.62. The third-order valence-corrected chi connectivity index (χ3v) is 2.93. The molecule has 21 heavy (non-hydrogen) atoms. The van der Waals surface area contributed by atoms with Crippen molar-refractivity contribution in [3.05, 3.63) is 48.3 Å². The second kappa shape index (κ2) is 6.56. The van der Waals surface area contributed by atoms with Crippen LogP contribution in [0.1, 0.15) is 19.0 Å². The van der Waals surface area contributed by atoms with Crippen LogP contribution in [-0.2, 0) is 13.1 Å². The highest BCUT2D eigenvalue weighted by Gasteiger charge is 2.31. The van der Waals surface area contributed by atoms with E-state index >= 15 is 0 Å². The van der Waals surface area contributed by atoms with Gasteiger partial charge >= 0.3 is 6.36 Å². The van der Waals surface area contributed by atoms with Gasteiger partial charge in [-0.1, -0.05) is 13.0 Å². The number of aryl methyl sites for hydroxylation is 1. The zero-order valence-corrected chi connectivity index (χ0v) is 11.7. The molecule has 0 saturated carbocycles. The number of anilines is 1. The molecule has 1 aromatic heterocycles. The molecular weight excluding hydrogens is 281 g/mol. The SMILES string of the molecule is CCCn1cccc1CNc1cccc(OC(F)(F)F)c1. The van der Waals surface area contributed by atoms with Crippen molar-refractivity contribution in [2.24, 2.45) is 0 Å². The van der Waals surface area contributed by atoms with Crippen molar-refractivity contribution in [2.45, 2.75) is 32.8 Å². The maximum atomic E-state index is 12.2. The van der Waals surface area contributed by atoms with E-state index in [0.717, 1.165) is 18.7 Å². The van der Waals surface area contributed by atoms with E-state index < -0.39 is 6.36 Å². The summed E-state index contributed by atoms with van der Waals surface area (Å²) in [7, 11) is 0. The Labute approximate surface area is 121 Å². The lowest BCUT2D eigenvalue weighted by atomic mass is 10.3. The van der Waals surface area contributed by atoms with E-state index in [1.165, 1.54) is 18.2 Å². The normalized spacial score (nSPS) is 11.4. The zero-order valence-electron chi connectivity index (χ0n) is 11.7. The average molecular weight is 298 g/mol. The molecule has 0 radical (unpaired) electrons. The summed E-state index contributed by atoms with van der Waals surface area (Å²) in [6, 6.07) is 9.78. The predicted octanol–water partition coefficient (Wildman–Crippen LogP) is 4.41. The van der Waals surface area contributed by atoms with Crippen molar-refractivity contribution >= 4 is 5.69 Å². The van der Waals surface area contributed by atoms with E-state index in [9.17, 15) is 13.2 Å². The molecule has 2 rings (SSSR count). The molecule has 0 aliphatic heterocycles. The first-order valence-electron chi connectivity index (χ1n) is 6.71. The number of rotatable bonds is 6. The Morgan fingerprint density at radius 3 is 2.71 bits per heavy atom. The van der Waals surface area contributed by atoms with Crippen molar-refractivity contribution in [3.63, 3.8) is 0 Å². The smallest absolute Gasteiger partial charge is 0.406 e. The highest BCUT2D eigenvalue weighted by molar-refractivity contribution is 5.48. The van der Waals surface area contributed by atoms with E-state index in [2.05, 4.69) is 21.5 Å². The van der Waals surface area contributed by atoms with E-state index in [0.29, 0.717) is 12.2 Å². The lowest BCUT2D eigenvalue weighted by molar-refractivity contribution is -0.274. The van der Waals surface area contributed by atoms with E-state index in [1.54, 1.807) is 6.07 Å². The Bertz CT molecular complexity index is 578. The number of nitrogens with one attached hydrogen (secondary N) is 1. The maximum Gasteiger partial charge on any atom is 0.573 e. The van der Waals surface area contributed by atoms with Gasteiger partial charge in [-0.25, -0.2) is 0 Å². The molecule has 0 amide bonds. The molecule has 1 aromatic carbocycles. The van der Waals surface area contributed by atoms with Crippen LogP contribution in [0, 0.1) is 0 Å². The van der Waals surface area contributed by atoms with Gasteiger partial charge in [-0.05, 0) is 30.7 Å². The van der Waals surface area contributed by atoms with Gasteiger partial charge in [-0.15, -0.1) is 13.2 Å². The molecule has 0 bridgehead atoms. The Kier molecular flexibility index (Phi) is 4.77. The lowest BCUT2D eigenvalue weighted by Crippen LogP contribution is -2.17. The first kappa shape index (κ1) is 15.3. The highest BCUT2D eigenvalue weighted by atomic mass is 19.4. The fourth-order valence-corrected chi connectivity index (χ4v) is 2.06. The quantitative estimate of drug-likeness (QED) is 0.855. The van der Waals surface area contributed by atoms with E-state index in [1.807, 2.05) is 18.3 Å². The summed E-state index contributed by atoms with van der Waals surface area (Å²) in [6.07, 6.45) is -1.66. The first-order chi connectivity index (χ1) is 9.98. The maximum absolute atomic E-state index is 12.2. The van der Waals surface area contributed by atoms with Gasteiger partial charge in [0.15, 0.2) is 0 Å². The van der Waals surface area contributed by atoms with Crippen molar-refractivity contribution in [2.75, 3.05) is 5.32 Å². The first-order valence-corrected chi connectivity index (χ1v) is 6.71. The third kappa shape index (κ3) is 4.73. The van der Waals surface area contributed by atoms with Gasteiger partial charge in [0.1, 0.15) is 5.75 Å². The molecule has 114 valence electrons. The van der Waals surface area contributed by atoms with Crippen LogP contribution in [0.25, 0.3) is 0 Å². The minimum Gasteiger partial charge on any atom is -0.406 e. The largest absolute Gasteiger partial charge is 0.573 e. The van der Waals surface area contributed by atoms with Gasteiger partial charge in [0.05, 0.1) is 6.54 Å². The number of halogens is 3. The minimum atomic E-state index is -4.67. The molecule has 0 aliphatic rings. The van der Waals surface area contributed by atoms with Gasteiger partial charge in [-0.3, -0.25) is 0 Å². The molecule has 0 aliphatic carbocycles. The van der Waals surface area contributed by atoms with Crippen molar-refractivity contribution in [1.29, 1.82) is 0 Å². The van der Waals surface area contributed by atoms with Crippen molar-refractivity contribution in [3.8, 4) is 5.75 Å². The van der Waals surface area contributed by atoms with Crippen LogP contribution in [-0.4, -0.2) is 10.9 Å². The zero-order chi connectivity index (χ0) is 15.3. The molecular formula is C15H17F3N2O. The number of hydrogen-bond donors (Lipinski definition) is 1. The Morgan fingerprint density at radius 1 is 1.19 bits per heavy atom. The van der Waals surface area contributed by atoms with Crippen LogP contribution in [0.15, 0.2) is 42.6 Å². The molecule has 2 aromatic rings. The number of alkyl halides is 3.